The van der Waals surface area contributed by atoms with Crippen molar-refractivity contribution in [1.29, 1.82) is 0 Å². The van der Waals surface area contributed by atoms with Crippen molar-refractivity contribution in [2.45, 2.75) is 14.7 Å². The molecule has 1 rings (SSSR count). The first kappa shape index (κ1) is 18.3. The van der Waals surface area contributed by atoms with Crippen LogP contribution in [0, 0.1) is 0 Å². The van der Waals surface area contributed by atoms with E-state index in [1.807, 2.05) is 0 Å². The van der Waals surface area contributed by atoms with Crippen LogP contribution in [0.4, 0.5) is 0 Å². The monoisotopic (exact) mass is 378 g/mol. The summed E-state index contributed by atoms with van der Waals surface area (Å²) in [5.41, 5.74) is -1.47. The lowest BCUT2D eigenvalue weighted by Crippen LogP contribution is -2.17. The van der Waals surface area contributed by atoms with Gasteiger partial charge in [0.2, 0.25) is 0 Å². The molecule has 0 spiro atoms. The van der Waals surface area contributed by atoms with E-state index < -0.39 is 62.3 Å². The van der Waals surface area contributed by atoms with E-state index >= 15 is 0 Å². The summed E-state index contributed by atoms with van der Waals surface area (Å²) in [6, 6.07) is -0.106. The highest BCUT2D eigenvalue weighted by molar-refractivity contribution is 7.90. The van der Waals surface area contributed by atoms with Crippen LogP contribution in [0.2, 0.25) is 0 Å². The maximum atomic E-state index is 11.1. The summed E-state index contributed by atoms with van der Waals surface area (Å²) in [6.45, 7) is 0. The van der Waals surface area contributed by atoms with Crippen LogP contribution in [-0.2, 0) is 30.4 Å². The summed E-state index contributed by atoms with van der Waals surface area (Å²) >= 11 is 0. The van der Waals surface area contributed by atoms with E-state index in [0.29, 0.717) is 0 Å². The first-order chi connectivity index (χ1) is 9.58. The van der Waals surface area contributed by atoms with Gasteiger partial charge >= 0.3 is 5.97 Å². The van der Waals surface area contributed by atoms with E-state index in [1.54, 1.807) is 0 Å². The fourth-order valence-corrected chi connectivity index (χ4v) is 4.72. The van der Waals surface area contributed by atoms with Crippen LogP contribution in [0.1, 0.15) is 10.4 Å². The molecule has 0 aromatic heterocycles. The second-order valence-electron chi connectivity index (χ2n) is 3.66. The molecule has 22 heavy (non-hydrogen) atoms. The van der Waals surface area contributed by atoms with Gasteiger partial charge in [-0.1, -0.05) is 0 Å². The standard InChI is InChI=1S/C7H6O12S3/c8-4-2(7(9)10)1-3(20(11,12)13)5(21(14,15)16)6(4)22(17,18)19/h1,8H,(H,9,10)(H,11,12,13)(H,14,15,16)(H,17,18,19). The van der Waals surface area contributed by atoms with Crippen LogP contribution in [-0.4, -0.2) is 55.1 Å². The number of phenols is 1. The van der Waals surface area contributed by atoms with Crippen LogP contribution >= 0.6 is 0 Å². The molecule has 0 fully saturated rings. The van der Waals surface area contributed by atoms with Gasteiger partial charge in [0, 0.05) is 0 Å². The quantitative estimate of drug-likeness (QED) is 0.391. The molecule has 0 aliphatic carbocycles. The molecule has 124 valence electrons. The molecule has 1 aromatic carbocycles. The zero-order chi connectivity index (χ0) is 17.7. The number of aromatic carboxylic acids is 1. The van der Waals surface area contributed by atoms with Crippen molar-refractivity contribution >= 4 is 36.3 Å². The first-order valence-corrected chi connectivity index (χ1v) is 8.96. The number of rotatable bonds is 4. The molecule has 15 heteroatoms. The van der Waals surface area contributed by atoms with Crippen molar-refractivity contribution in [3.8, 4) is 5.75 Å². The molecule has 1 aromatic rings. The molecule has 5 N–H and O–H groups in total. The van der Waals surface area contributed by atoms with Gasteiger partial charge in [0.25, 0.3) is 30.4 Å². The molecule has 0 aliphatic rings. The Labute approximate surface area is 122 Å². The SMILES string of the molecule is O=C(O)c1cc(S(=O)(=O)O)c(S(=O)(=O)O)c(S(=O)(=O)O)c1O. The minimum Gasteiger partial charge on any atom is -0.506 e. The molecule has 0 heterocycles. The number of hydrogen-bond acceptors (Lipinski definition) is 8. The summed E-state index contributed by atoms with van der Waals surface area (Å²) in [4.78, 5) is 4.75. The van der Waals surface area contributed by atoms with Crippen LogP contribution in [0.15, 0.2) is 20.8 Å². The third-order valence-electron chi connectivity index (χ3n) is 2.20. The first-order valence-electron chi connectivity index (χ1n) is 4.64. The molecule has 0 saturated carbocycles. The van der Waals surface area contributed by atoms with Gasteiger partial charge in [-0.2, -0.15) is 25.3 Å². The van der Waals surface area contributed by atoms with E-state index in [-0.39, 0.29) is 6.07 Å². The second-order valence-corrected chi connectivity index (χ2v) is 7.77. The summed E-state index contributed by atoms with van der Waals surface area (Å²) in [5, 5.41) is 18.2. The molecule has 0 unspecified atom stereocenters. The molecule has 0 amide bonds. The summed E-state index contributed by atoms with van der Waals surface area (Å²) in [6.07, 6.45) is 0. The number of benzene rings is 1. The highest BCUT2D eigenvalue weighted by Gasteiger charge is 2.38. The highest BCUT2D eigenvalue weighted by Crippen LogP contribution is 2.37. The van der Waals surface area contributed by atoms with Gasteiger partial charge in [-0.05, 0) is 6.07 Å². The zero-order valence-corrected chi connectivity index (χ0v) is 12.3. The van der Waals surface area contributed by atoms with Crippen molar-refractivity contribution in [3.63, 3.8) is 0 Å². The van der Waals surface area contributed by atoms with Gasteiger partial charge in [0.1, 0.15) is 15.4 Å². The van der Waals surface area contributed by atoms with Crippen LogP contribution in [0.25, 0.3) is 0 Å². The average molecular weight is 378 g/mol. The van der Waals surface area contributed by atoms with Crippen molar-refractivity contribution in [2.24, 2.45) is 0 Å². The van der Waals surface area contributed by atoms with Crippen LogP contribution in [0.3, 0.4) is 0 Å². The Morgan fingerprint density at radius 3 is 1.50 bits per heavy atom. The minimum absolute atomic E-state index is 0.106. The summed E-state index contributed by atoms with van der Waals surface area (Å²) in [7, 11) is -17.0. The van der Waals surface area contributed by atoms with Gasteiger partial charge in [-0.25, -0.2) is 4.79 Å². The minimum atomic E-state index is -5.73. The van der Waals surface area contributed by atoms with Crippen LogP contribution in [0.5, 0.6) is 5.75 Å². The third-order valence-corrected chi connectivity index (χ3v) is 5.19. The van der Waals surface area contributed by atoms with E-state index in [2.05, 4.69) is 0 Å². The topological polar surface area (TPSA) is 221 Å². The van der Waals surface area contributed by atoms with E-state index in [0.717, 1.165) is 0 Å². The molecular weight excluding hydrogens is 372 g/mol. The maximum absolute atomic E-state index is 11.1. The largest absolute Gasteiger partial charge is 0.506 e. The predicted octanol–water partition coefficient (Wildman–Crippen LogP) is -1.17. The van der Waals surface area contributed by atoms with Gasteiger partial charge in [0.15, 0.2) is 10.6 Å². The number of hydrogen-bond donors (Lipinski definition) is 5. The maximum Gasteiger partial charge on any atom is 0.339 e. The third kappa shape index (κ3) is 3.34. The Hall–Kier alpha value is -1.78. The lowest BCUT2D eigenvalue weighted by molar-refractivity contribution is 0.0692. The van der Waals surface area contributed by atoms with E-state index in [1.165, 1.54) is 0 Å². The average Bonchev–Trinajstić information content (AvgIpc) is 2.22. The predicted molar refractivity (Wildman–Crippen MR) is 64.5 cm³/mol. The van der Waals surface area contributed by atoms with E-state index in [4.69, 9.17) is 18.8 Å². The van der Waals surface area contributed by atoms with Crippen molar-refractivity contribution in [1.82, 2.24) is 0 Å². The van der Waals surface area contributed by atoms with Gasteiger partial charge in [-0.15, -0.1) is 0 Å². The van der Waals surface area contributed by atoms with E-state index in [9.17, 15) is 35.2 Å². The normalized spacial score (nSPS) is 13.0. The molecular formula is C7H6O12S3. The smallest absolute Gasteiger partial charge is 0.339 e. The number of carboxylic acid groups (broad SMARTS) is 1. The van der Waals surface area contributed by atoms with Crippen molar-refractivity contribution in [2.75, 3.05) is 0 Å². The van der Waals surface area contributed by atoms with Gasteiger partial charge in [-0.3, -0.25) is 13.7 Å². The fraction of sp³-hybridized carbons (Fsp3) is 0. The molecule has 0 bridgehead atoms. The highest BCUT2D eigenvalue weighted by atomic mass is 32.2. The Balaban J connectivity index is 4.40. The number of carboxylic acids is 1. The second kappa shape index (κ2) is 5.14. The Morgan fingerprint density at radius 2 is 1.23 bits per heavy atom. The fourth-order valence-electron chi connectivity index (χ4n) is 1.44. The molecule has 12 nitrogen and oxygen atoms in total. The van der Waals surface area contributed by atoms with Gasteiger partial charge < -0.3 is 10.2 Å². The van der Waals surface area contributed by atoms with Crippen LogP contribution < -0.4 is 0 Å². The molecule has 0 atom stereocenters. The van der Waals surface area contributed by atoms with Crippen molar-refractivity contribution in [3.05, 3.63) is 11.6 Å². The Bertz CT molecular complexity index is 966. The van der Waals surface area contributed by atoms with Gasteiger partial charge in [0.05, 0.1) is 0 Å². The molecule has 0 radical (unpaired) electrons. The Kier molecular flexibility index (Phi) is 4.27. The summed E-state index contributed by atoms with van der Waals surface area (Å²) < 4.78 is 93.4. The Morgan fingerprint density at radius 1 is 0.818 bits per heavy atom. The zero-order valence-electron chi connectivity index (χ0n) is 9.90. The lowest BCUT2D eigenvalue weighted by atomic mass is 10.2. The van der Waals surface area contributed by atoms with Crippen molar-refractivity contribution < 1.29 is 53.9 Å². The molecule has 0 saturated heterocycles. The summed E-state index contributed by atoms with van der Waals surface area (Å²) in [5.74, 6) is -3.97. The molecule has 0 aliphatic heterocycles. The number of aromatic hydroxyl groups is 1. The lowest BCUT2D eigenvalue weighted by Gasteiger charge is -2.12. The number of carbonyl (C=O) groups is 1.